The maximum atomic E-state index is 13.4. The average molecular weight is 478 g/mol. The Hall–Kier alpha value is -3.75. The fourth-order valence-electron chi connectivity index (χ4n) is 5.47. The van der Waals surface area contributed by atoms with Gasteiger partial charge in [-0.3, -0.25) is 9.78 Å². The number of nitrogens with zero attached hydrogens (tertiary/aromatic N) is 3. The highest BCUT2D eigenvalue weighted by Crippen LogP contribution is 2.37. The number of Topliss-reactive ketones (excluding diaryl/α,β-unsaturated/α-hetero) is 1. The van der Waals surface area contributed by atoms with Crippen LogP contribution < -0.4 is 4.90 Å². The van der Waals surface area contributed by atoms with Gasteiger partial charge in [-0.15, -0.1) is 0 Å². The normalized spacial score (nSPS) is 21.5. The van der Waals surface area contributed by atoms with E-state index in [-0.39, 0.29) is 23.9 Å². The summed E-state index contributed by atoms with van der Waals surface area (Å²) in [5.74, 6) is -0.0253. The van der Waals surface area contributed by atoms with Gasteiger partial charge in [-0.2, -0.15) is 5.26 Å². The van der Waals surface area contributed by atoms with Crippen LogP contribution in [-0.2, 0) is 11.2 Å². The summed E-state index contributed by atoms with van der Waals surface area (Å²) in [6.45, 7) is 8.12. The molecule has 5 heteroatoms. The van der Waals surface area contributed by atoms with Crippen molar-refractivity contribution in [3.05, 3.63) is 89.3 Å². The first-order chi connectivity index (χ1) is 17.4. The first-order valence-electron chi connectivity index (χ1n) is 12.6. The van der Waals surface area contributed by atoms with Gasteiger partial charge >= 0.3 is 0 Å². The molecule has 0 N–H and O–H groups in total. The fraction of sp³-hybridized carbons (Fsp3) is 0.323. The van der Waals surface area contributed by atoms with Gasteiger partial charge in [0.05, 0.1) is 23.8 Å². The van der Waals surface area contributed by atoms with E-state index in [1.54, 1.807) is 18.3 Å². The number of fused-ring (bicyclic) bond motifs is 1. The molecule has 1 aromatic heterocycles. The van der Waals surface area contributed by atoms with Crippen molar-refractivity contribution in [2.75, 3.05) is 18.0 Å². The molecule has 2 aliphatic rings. The summed E-state index contributed by atoms with van der Waals surface area (Å²) in [5, 5.41) is 9.10. The van der Waals surface area contributed by atoms with Gasteiger partial charge in [0.15, 0.2) is 5.78 Å². The van der Waals surface area contributed by atoms with Crippen LogP contribution >= 0.6 is 0 Å². The van der Waals surface area contributed by atoms with E-state index in [1.165, 1.54) is 11.3 Å². The Balaban J connectivity index is 1.30. The van der Waals surface area contributed by atoms with Gasteiger partial charge in [-0.05, 0) is 80.1 Å². The molecule has 5 rings (SSSR count). The molecule has 1 saturated heterocycles. The zero-order chi connectivity index (χ0) is 25.2. The topological polar surface area (TPSA) is 66.2 Å². The van der Waals surface area contributed by atoms with Gasteiger partial charge in [0.25, 0.3) is 0 Å². The molecular weight excluding hydrogens is 446 g/mol. The van der Waals surface area contributed by atoms with Crippen LogP contribution in [0, 0.1) is 17.2 Å². The largest absolute Gasteiger partial charge is 0.372 e. The number of pyridine rings is 1. The molecule has 3 atom stereocenters. The van der Waals surface area contributed by atoms with Crippen LogP contribution in [0.15, 0.2) is 67.0 Å². The average Bonchev–Trinajstić information content (AvgIpc) is 2.89. The van der Waals surface area contributed by atoms with E-state index in [0.717, 1.165) is 48.2 Å². The number of nitriles is 1. The number of hydrogen-bond acceptors (Lipinski definition) is 5. The predicted octanol–water partition coefficient (Wildman–Crippen LogP) is 6.08. The Kier molecular flexibility index (Phi) is 6.71. The molecule has 0 bridgehead atoms. The number of morpholine rings is 1. The summed E-state index contributed by atoms with van der Waals surface area (Å²) in [6.07, 6.45) is 7.70. The van der Waals surface area contributed by atoms with E-state index in [4.69, 9.17) is 10.00 Å². The van der Waals surface area contributed by atoms with Crippen LogP contribution in [0.5, 0.6) is 0 Å². The molecule has 5 nitrogen and oxygen atoms in total. The summed E-state index contributed by atoms with van der Waals surface area (Å²) in [5.41, 5.74) is 7.70. The number of ketones is 1. The number of carbonyl (C=O) groups is 1. The number of aromatic nitrogens is 1. The summed E-state index contributed by atoms with van der Waals surface area (Å²) < 4.78 is 5.86. The van der Waals surface area contributed by atoms with Crippen molar-refractivity contribution in [3.8, 4) is 17.2 Å². The second-order valence-corrected chi connectivity index (χ2v) is 9.99. The van der Waals surface area contributed by atoms with Gasteiger partial charge in [0.1, 0.15) is 0 Å². The summed E-state index contributed by atoms with van der Waals surface area (Å²) in [7, 11) is 0. The summed E-state index contributed by atoms with van der Waals surface area (Å²) in [6, 6.07) is 18.3. The molecule has 36 heavy (non-hydrogen) atoms. The van der Waals surface area contributed by atoms with E-state index in [1.807, 2.05) is 18.3 Å². The number of aryl methyl sites for hydroxylation is 1. The molecule has 0 radical (unpaired) electrons. The zero-order valence-electron chi connectivity index (χ0n) is 21.1. The van der Waals surface area contributed by atoms with E-state index >= 15 is 0 Å². The zero-order valence-corrected chi connectivity index (χ0v) is 21.1. The minimum Gasteiger partial charge on any atom is -0.372 e. The van der Waals surface area contributed by atoms with Crippen molar-refractivity contribution in [1.82, 2.24) is 4.98 Å². The molecule has 1 fully saturated rings. The summed E-state index contributed by atoms with van der Waals surface area (Å²) >= 11 is 0. The lowest BCUT2D eigenvalue weighted by Gasteiger charge is -2.36. The molecule has 182 valence electrons. The highest BCUT2D eigenvalue weighted by Gasteiger charge is 2.28. The lowest BCUT2D eigenvalue weighted by molar-refractivity contribution is -0.00521. The van der Waals surface area contributed by atoms with E-state index < -0.39 is 0 Å². The van der Waals surface area contributed by atoms with E-state index in [2.05, 4.69) is 67.1 Å². The number of anilines is 1. The Morgan fingerprint density at radius 3 is 2.33 bits per heavy atom. The highest BCUT2D eigenvalue weighted by molar-refractivity contribution is 6.08. The molecule has 0 amide bonds. The molecule has 1 unspecified atom stereocenters. The Bertz CT molecular complexity index is 1330. The lowest BCUT2D eigenvalue weighted by atomic mass is 9.80. The quantitative estimate of drug-likeness (QED) is 0.445. The molecule has 3 aromatic rings. The van der Waals surface area contributed by atoms with Crippen LogP contribution in [0.1, 0.15) is 54.2 Å². The smallest absolute Gasteiger partial charge is 0.171 e. The second kappa shape index (κ2) is 10.1. The fourth-order valence-corrected chi connectivity index (χ4v) is 5.47. The van der Waals surface area contributed by atoms with Crippen molar-refractivity contribution in [2.24, 2.45) is 5.92 Å². The molecule has 1 aliphatic carbocycles. The van der Waals surface area contributed by atoms with Crippen molar-refractivity contribution in [3.63, 3.8) is 0 Å². The maximum Gasteiger partial charge on any atom is 0.171 e. The van der Waals surface area contributed by atoms with Crippen LogP contribution in [0.4, 0.5) is 5.69 Å². The standard InChI is InChI=1S/C31H31N3O2/c1-20-14-26(11-4-23-7-12-27(13-8-23)34-18-21(2)36-22(3)19-34)31(35)29-17-33-16-28(30(20)29)25-9-5-24(15-32)6-10-25/h5-10,12-14,16-17,21-22,26H,4,11,18-19H2,1-3H3/t21-,22+,26?. The molecule has 0 spiro atoms. The van der Waals surface area contributed by atoms with Gasteiger partial charge in [0, 0.05) is 48.2 Å². The number of benzene rings is 2. The number of ether oxygens (including phenoxy) is 1. The molecular formula is C31H31N3O2. The lowest BCUT2D eigenvalue weighted by Crippen LogP contribution is -2.45. The minimum atomic E-state index is -0.156. The third-order valence-corrected chi connectivity index (χ3v) is 7.18. The SMILES string of the molecule is CC1=CC(CCc2ccc(N3C[C@@H](C)O[C@@H](C)C3)cc2)C(=O)c2cncc(-c3ccc(C#N)cc3)c21. The Morgan fingerprint density at radius 1 is 1.00 bits per heavy atom. The predicted molar refractivity (Wildman–Crippen MR) is 143 cm³/mol. The Morgan fingerprint density at radius 2 is 1.67 bits per heavy atom. The van der Waals surface area contributed by atoms with Crippen LogP contribution in [0.2, 0.25) is 0 Å². The molecule has 2 heterocycles. The van der Waals surface area contributed by atoms with Gasteiger partial charge < -0.3 is 9.64 Å². The maximum absolute atomic E-state index is 13.4. The third-order valence-electron chi connectivity index (χ3n) is 7.18. The molecule has 0 saturated carbocycles. The number of allylic oxidation sites excluding steroid dienone is 2. The van der Waals surface area contributed by atoms with Crippen molar-refractivity contribution < 1.29 is 9.53 Å². The second-order valence-electron chi connectivity index (χ2n) is 9.99. The number of hydrogen-bond donors (Lipinski definition) is 0. The molecule has 2 aromatic carbocycles. The van der Waals surface area contributed by atoms with E-state index in [9.17, 15) is 4.79 Å². The highest BCUT2D eigenvalue weighted by atomic mass is 16.5. The minimum absolute atomic E-state index is 0.131. The van der Waals surface area contributed by atoms with Crippen LogP contribution in [-0.4, -0.2) is 36.1 Å². The van der Waals surface area contributed by atoms with Crippen LogP contribution in [0.3, 0.4) is 0 Å². The number of carbonyl (C=O) groups excluding carboxylic acids is 1. The molecule has 1 aliphatic heterocycles. The van der Waals surface area contributed by atoms with Gasteiger partial charge in [0.2, 0.25) is 0 Å². The van der Waals surface area contributed by atoms with Gasteiger partial charge in [-0.1, -0.05) is 30.3 Å². The van der Waals surface area contributed by atoms with Gasteiger partial charge in [-0.25, -0.2) is 0 Å². The Labute approximate surface area is 213 Å². The van der Waals surface area contributed by atoms with E-state index in [0.29, 0.717) is 11.1 Å². The third kappa shape index (κ3) is 4.82. The first-order valence-corrected chi connectivity index (χ1v) is 12.6. The van der Waals surface area contributed by atoms with Crippen molar-refractivity contribution in [2.45, 2.75) is 45.8 Å². The summed E-state index contributed by atoms with van der Waals surface area (Å²) in [4.78, 5) is 20.2. The van der Waals surface area contributed by atoms with Crippen molar-refractivity contribution >= 4 is 17.0 Å². The van der Waals surface area contributed by atoms with Crippen LogP contribution in [0.25, 0.3) is 16.7 Å². The van der Waals surface area contributed by atoms with Crippen molar-refractivity contribution in [1.29, 1.82) is 5.26 Å². The number of rotatable bonds is 5. The first kappa shape index (κ1) is 24.0. The monoisotopic (exact) mass is 477 g/mol.